The van der Waals surface area contributed by atoms with E-state index in [0.717, 1.165) is 0 Å². The van der Waals surface area contributed by atoms with E-state index in [1.807, 2.05) is 0 Å². The normalized spacial score (nSPS) is 20.0. The van der Waals surface area contributed by atoms with Crippen molar-refractivity contribution in [3.8, 4) is 0 Å². The first kappa shape index (κ1) is 7.93. The van der Waals surface area contributed by atoms with Crippen LogP contribution in [0.2, 0.25) is 0 Å². The van der Waals surface area contributed by atoms with Crippen LogP contribution in [0.1, 0.15) is 0 Å². The van der Waals surface area contributed by atoms with E-state index in [0.29, 0.717) is 26.3 Å². The molecule has 0 radical (unpaired) electrons. The number of nitrogens with two attached hydrogens (primary N) is 1. The van der Waals surface area contributed by atoms with E-state index in [1.165, 1.54) is 0 Å². The van der Waals surface area contributed by atoms with Gasteiger partial charge >= 0.3 is 0 Å². The number of rotatable bonds is 1. The summed E-state index contributed by atoms with van der Waals surface area (Å²) in [6.45, 7) is 2.57. The number of nitroso groups, excluding NO2 is 1. The van der Waals surface area contributed by atoms with Crippen molar-refractivity contribution in [2.75, 3.05) is 26.3 Å². The standard InChI is InChI=1S/C5H10N4O2/c6-5(8-10)7-9-1-3-11-4-2-9/h1-4H2,(H2,6,7). The zero-order valence-corrected chi connectivity index (χ0v) is 6.06. The molecule has 2 N–H and O–H groups in total. The number of guanidine groups is 1. The molecular formula is C5H10N4O2. The minimum absolute atomic E-state index is 0.230. The van der Waals surface area contributed by atoms with Crippen LogP contribution in [0, 0.1) is 4.91 Å². The smallest absolute Gasteiger partial charge is 0.278 e. The van der Waals surface area contributed by atoms with Gasteiger partial charge in [-0.15, -0.1) is 10.0 Å². The number of hydrogen-bond acceptors (Lipinski definition) is 4. The van der Waals surface area contributed by atoms with Crippen LogP contribution in [-0.2, 0) is 4.74 Å². The molecule has 0 unspecified atom stereocenters. The van der Waals surface area contributed by atoms with Crippen LogP contribution in [0.15, 0.2) is 10.3 Å². The van der Waals surface area contributed by atoms with Gasteiger partial charge in [0.25, 0.3) is 5.96 Å². The highest BCUT2D eigenvalue weighted by Gasteiger charge is 2.07. The maximum Gasteiger partial charge on any atom is 0.278 e. The van der Waals surface area contributed by atoms with Crippen LogP contribution in [0.4, 0.5) is 0 Å². The van der Waals surface area contributed by atoms with E-state index in [1.54, 1.807) is 5.01 Å². The quantitative estimate of drug-likeness (QED) is 0.311. The summed E-state index contributed by atoms with van der Waals surface area (Å²) in [5.41, 5.74) is 5.09. The van der Waals surface area contributed by atoms with Crippen molar-refractivity contribution >= 4 is 5.96 Å². The number of hydrogen-bond donors (Lipinski definition) is 1. The second kappa shape index (κ2) is 3.87. The van der Waals surface area contributed by atoms with Crippen LogP contribution >= 0.6 is 0 Å². The maximum atomic E-state index is 9.81. The van der Waals surface area contributed by atoms with Gasteiger partial charge < -0.3 is 10.5 Å². The third-order valence-corrected chi connectivity index (χ3v) is 1.32. The molecule has 0 amide bonds. The fraction of sp³-hybridized carbons (Fsp3) is 0.800. The largest absolute Gasteiger partial charge is 0.378 e. The summed E-state index contributed by atoms with van der Waals surface area (Å²) in [6.07, 6.45) is 0. The Morgan fingerprint density at radius 3 is 2.64 bits per heavy atom. The highest BCUT2D eigenvalue weighted by Crippen LogP contribution is 1.96. The Morgan fingerprint density at radius 2 is 2.09 bits per heavy atom. The van der Waals surface area contributed by atoms with Gasteiger partial charge in [-0.3, -0.25) is 5.01 Å². The molecule has 62 valence electrons. The lowest BCUT2D eigenvalue weighted by Gasteiger charge is -2.23. The van der Waals surface area contributed by atoms with Crippen LogP contribution in [-0.4, -0.2) is 37.3 Å². The van der Waals surface area contributed by atoms with E-state index >= 15 is 0 Å². The summed E-state index contributed by atoms with van der Waals surface area (Å²) in [4.78, 5) is 9.81. The Labute approximate surface area is 64.0 Å². The van der Waals surface area contributed by atoms with Gasteiger partial charge in [-0.25, -0.2) is 0 Å². The summed E-state index contributed by atoms with van der Waals surface area (Å²) in [5.74, 6) is -0.230. The first-order valence-electron chi connectivity index (χ1n) is 3.33. The summed E-state index contributed by atoms with van der Waals surface area (Å²) in [7, 11) is 0. The monoisotopic (exact) mass is 158 g/mol. The van der Waals surface area contributed by atoms with Crippen molar-refractivity contribution in [1.29, 1.82) is 0 Å². The number of nitrogens with zero attached hydrogens (tertiary/aromatic N) is 3. The van der Waals surface area contributed by atoms with Gasteiger partial charge in [0.2, 0.25) is 0 Å². The zero-order chi connectivity index (χ0) is 8.10. The number of hydrazone groups is 1. The number of ether oxygens (including phenoxy) is 1. The van der Waals surface area contributed by atoms with Gasteiger partial charge in [0, 0.05) is 5.18 Å². The average molecular weight is 158 g/mol. The second-order valence-electron chi connectivity index (χ2n) is 2.12. The van der Waals surface area contributed by atoms with E-state index in [2.05, 4.69) is 10.3 Å². The SMILES string of the molecule is N/C(N=O)=N\N1CCOCC1. The molecule has 11 heavy (non-hydrogen) atoms. The molecule has 1 heterocycles. The molecule has 1 aliphatic heterocycles. The third kappa shape index (κ3) is 2.50. The van der Waals surface area contributed by atoms with E-state index in [9.17, 15) is 4.91 Å². The predicted molar refractivity (Wildman–Crippen MR) is 39.8 cm³/mol. The molecule has 0 spiro atoms. The lowest BCUT2D eigenvalue weighted by atomic mass is 10.5. The van der Waals surface area contributed by atoms with E-state index < -0.39 is 0 Å². The van der Waals surface area contributed by atoms with Crippen LogP contribution in [0.3, 0.4) is 0 Å². The molecule has 0 atom stereocenters. The summed E-state index contributed by atoms with van der Waals surface area (Å²) in [6, 6.07) is 0. The predicted octanol–water partition coefficient (Wildman–Crippen LogP) is -0.685. The highest BCUT2D eigenvalue weighted by molar-refractivity contribution is 5.78. The van der Waals surface area contributed by atoms with Gasteiger partial charge in [0.1, 0.15) is 0 Å². The maximum absolute atomic E-state index is 9.81. The summed E-state index contributed by atoms with van der Waals surface area (Å²) < 4.78 is 5.05. The Hall–Kier alpha value is -1.17. The molecule has 0 aromatic rings. The lowest BCUT2D eigenvalue weighted by Crippen LogP contribution is -2.33. The van der Waals surface area contributed by atoms with E-state index in [-0.39, 0.29) is 5.96 Å². The van der Waals surface area contributed by atoms with E-state index in [4.69, 9.17) is 10.5 Å². The molecule has 1 rings (SSSR count). The summed E-state index contributed by atoms with van der Waals surface area (Å²) >= 11 is 0. The fourth-order valence-corrected chi connectivity index (χ4v) is 0.817. The van der Waals surface area contributed by atoms with Crippen molar-refractivity contribution in [3.05, 3.63) is 4.91 Å². The van der Waals surface area contributed by atoms with Crippen molar-refractivity contribution < 1.29 is 4.74 Å². The van der Waals surface area contributed by atoms with Gasteiger partial charge in [0.15, 0.2) is 0 Å². The highest BCUT2D eigenvalue weighted by atomic mass is 16.5. The Morgan fingerprint density at radius 1 is 1.45 bits per heavy atom. The average Bonchev–Trinajstić information content (AvgIpc) is 2.06. The first-order chi connectivity index (χ1) is 5.33. The van der Waals surface area contributed by atoms with Crippen molar-refractivity contribution in [1.82, 2.24) is 5.01 Å². The molecular weight excluding hydrogens is 148 g/mol. The second-order valence-corrected chi connectivity index (χ2v) is 2.12. The molecule has 6 heteroatoms. The van der Waals surface area contributed by atoms with Crippen molar-refractivity contribution in [2.24, 2.45) is 16.0 Å². The minimum atomic E-state index is -0.230. The molecule has 1 fully saturated rings. The lowest BCUT2D eigenvalue weighted by molar-refractivity contribution is 0.0392. The number of morpholine rings is 1. The van der Waals surface area contributed by atoms with Crippen molar-refractivity contribution in [2.45, 2.75) is 0 Å². The van der Waals surface area contributed by atoms with Gasteiger partial charge in [0.05, 0.1) is 26.3 Å². The topological polar surface area (TPSA) is 80.3 Å². The Kier molecular flexibility index (Phi) is 2.79. The third-order valence-electron chi connectivity index (χ3n) is 1.32. The van der Waals surface area contributed by atoms with Gasteiger partial charge in [-0.1, -0.05) is 0 Å². The van der Waals surface area contributed by atoms with Crippen LogP contribution in [0.5, 0.6) is 0 Å². The Bertz CT molecular complexity index is 164. The molecule has 1 saturated heterocycles. The first-order valence-corrected chi connectivity index (χ1v) is 3.33. The molecule has 0 bridgehead atoms. The Balaban J connectivity index is 2.40. The molecule has 0 aromatic heterocycles. The molecule has 1 aliphatic rings. The molecule has 0 aliphatic carbocycles. The fourth-order valence-electron chi connectivity index (χ4n) is 0.817. The zero-order valence-electron chi connectivity index (χ0n) is 6.06. The molecule has 0 aromatic carbocycles. The van der Waals surface area contributed by atoms with Gasteiger partial charge in [-0.2, -0.15) is 0 Å². The van der Waals surface area contributed by atoms with Crippen LogP contribution in [0.25, 0.3) is 0 Å². The molecule has 6 nitrogen and oxygen atoms in total. The molecule has 0 saturated carbocycles. The van der Waals surface area contributed by atoms with Gasteiger partial charge in [-0.05, 0) is 0 Å². The van der Waals surface area contributed by atoms with Crippen molar-refractivity contribution in [3.63, 3.8) is 0 Å². The van der Waals surface area contributed by atoms with Crippen LogP contribution < -0.4 is 5.73 Å². The minimum Gasteiger partial charge on any atom is -0.378 e. The summed E-state index contributed by atoms with van der Waals surface area (Å²) in [5, 5.41) is 7.87.